The number of carbonyl (C=O) groups is 2. The van der Waals surface area contributed by atoms with Gasteiger partial charge in [-0.25, -0.2) is 0 Å². The van der Waals surface area contributed by atoms with Crippen LogP contribution in [0.25, 0.3) is 0 Å². The molecule has 0 saturated heterocycles. The van der Waals surface area contributed by atoms with Crippen LogP contribution in [0.15, 0.2) is 46.0 Å². The van der Waals surface area contributed by atoms with Crippen LogP contribution in [0, 0.1) is 20.8 Å². The first-order chi connectivity index (χ1) is 15.2. The molecule has 1 heterocycles. The van der Waals surface area contributed by atoms with Gasteiger partial charge in [-0.15, -0.1) is 10.2 Å². The fraction of sp³-hybridized carbons (Fsp3) is 0.304. The second-order valence-electron chi connectivity index (χ2n) is 7.64. The molecule has 32 heavy (non-hydrogen) atoms. The number of aryl methyl sites for hydroxylation is 1. The first-order valence-corrected chi connectivity index (χ1v) is 11.9. The minimum Gasteiger partial charge on any atom is -0.342 e. The highest BCUT2D eigenvalue weighted by atomic mass is 79.9. The molecule has 2 amide bonds. The highest BCUT2D eigenvalue weighted by molar-refractivity contribution is 9.10. The summed E-state index contributed by atoms with van der Waals surface area (Å²) < 4.78 is 2.81. The number of hydrogen-bond donors (Lipinski definition) is 2. The largest absolute Gasteiger partial charge is 0.342 e. The number of aromatic nitrogens is 3. The van der Waals surface area contributed by atoms with Crippen molar-refractivity contribution in [1.82, 2.24) is 20.1 Å². The fourth-order valence-corrected chi connectivity index (χ4v) is 4.27. The number of hydrogen-bond acceptors (Lipinski definition) is 5. The number of nitrogens with one attached hydrogen (secondary N) is 2. The quantitative estimate of drug-likeness (QED) is 0.444. The molecule has 0 fully saturated rings. The van der Waals surface area contributed by atoms with E-state index in [4.69, 9.17) is 0 Å². The van der Waals surface area contributed by atoms with E-state index < -0.39 is 0 Å². The molecule has 7 nitrogen and oxygen atoms in total. The van der Waals surface area contributed by atoms with Gasteiger partial charge >= 0.3 is 0 Å². The summed E-state index contributed by atoms with van der Waals surface area (Å²) >= 11 is 4.80. The van der Waals surface area contributed by atoms with Gasteiger partial charge in [0.25, 0.3) is 5.91 Å². The number of carbonyl (C=O) groups excluding carboxylic acids is 2. The standard InChI is InChI=1S/C23H26BrN5O2S/c1-13-6-8-17(9-7-13)22(31)25-16(4)21-27-28-23(29(21)5)32-12-20(30)26-19-11-10-18(24)14(2)15(19)3/h6-11,16H,12H2,1-5H3,(H,25,31)(H,26,30)/t16-/m0/s1. The predicted octanol–water partition coefficient (Wildman–Crippen LogP) is 4.72. The number of nitrogens with zero attached hydrogens (tertiary/aromatic N) is 3. The lowest BCUT2D eigenvalue weighted by atomic mass is 10.1. The highest BCUT2D eigenvalue weighted by Crippen LogP contribution is 2.26. The van der Waals surface area contributed by atoms with E-state index in [-0.39, 0.29) is 23.6 Å². The van der Waals surface area contributed by atoms with Crippen LogP contribution >= 0.6 is 27.7 Å². The van der Waals surface area contributed by atoms with Gasteiger partial charge in [0.05, 0.1) is 11.8 Å². The van der Waals surface area contributed by atoms with Crippen molar-refractivity contribution in [2.75, 3.05) is 11.1 Å². The average molecular weight is 516 g/mol. The molecule has 1 aromatic heterocycles. The van der Waals surface area contributed by atoms with Crippen LogP contribution in [0.4, 0.5) is 5.69 Å². The molecule has 0 radical (unpaired) electrons. The van der Waals surface area contributed by atoms with E-state index in [0.29, 0.717) is 16.5 Å². The molecule has 0 aliphatic heterocycles. The summed E-state index contributed by atoms with van der Waals surface area (Å²) in [6.07, 6.45) is 0. The SMILES string of the molecule is Cc1ccc(C(=O)N[C@@H](C)c2nnc(SCC(=O)Nc3ccc(Br)c(C)c3C)n2C)cc1. The number of amides is 2. The monoisotopic (exact) mass is 515 g/mol. The van der Waals surface area contributed by atoms with Gasteiger partial charge in [0.2, 0.25) is 5.91 Å². The Bertz CT molecular complexity index is 1140. The van der Waals surface area contributed by atoms with Crippen molar-refractivity contribution in [3.05, 3.63) is 68.9 Å². The number of halogens is 1. The summed E-state index contributed by atoms with van der Waals surface area (Å²) in [6.45, 7) is 7.81. The molecular formula is C23H26BrN5O2S. The summed E-state index contributed by atoms with van der Waals surface area (Å²) in [6, 6.07) is 10.9. The summed E-state index contributed by atoms with van der Waals surface area (Å²) in [5.74, 6) is 0.525. The molecule has 0 aliphatic rings. The third-order valence-electron chi connectivity index (χ3n) is 5.24. The molecule has 168 valence electrons. The normalized spacial score (nSPS) is 11.8. The van der Waals surface area contributed by atoms with Gasteiger partial charge in [-0.05, 0) is 63.1 Å². The maximum atomic E-state index is 12.5. The summed E-state index contributed by atoms with van der Waals surface area (Å²) in [7, 11) is 1.83. The summed E-state index contributed by atoms with van der Waals surface area (Å²) in [5, 5.41) is 14.9. The molecule has 2 N–H and O–H groups in total. The molecule has 0 unspecified atom stereocenters. The maximum absolute atomic E-state index is 12.5. The van der Waals surface area contributed by atoms with Crippen LogP contribution in [0.1, 0.15) is 45.8 Å². The Morgan fingerprint density at radius 2 is 1.75 bits per heavy atom. The lowest BCUT2D eigenvalue weighted by Crippen LogP contribution is -2.28. The van der Waals surface area contributed by atoms with Crippen molar-refractivity contribution >= 4 is 45.2 Å². The molecule has 1 atom stereocenters. The Kier molecular flexibility index (Phi) is 7.73. The van der Waals surface area contributed by atoms with Gasteiger partial charge < -0.3 is 15.2 Å². The molecule has 0 spiro atoms. The number of thioether (sulfide) groups is 1. The minimum absolute atomic E-state index is 0.120. The molecule has 3 rings (SSSR count). The Balaban J connectivity index is 1.59. The fourth-order valence-electron chi connectivity index (χ4n) is 3.12. The number of benzene rings is 2. The van der Waals surface area contributed by atoms with Crippen LogP contribution < -0.4 is 10.6 Å². The van der Waals surface area contributed by atoms with Crippen molar-refractivity contribution in [2.45, 2.75) is 38.9 Å². The van der Waals surface area contributed by atoms with Crippen LogP contribution in [-0.2, 0) is 11.8 Å². The lowest BCUT2D eigenvalue weighted by molar-refractivity contribution is -0.113. The lowest BCUT2D eigenvalue weighted by Gasteiger charge is -2.14. The van der Waals surface area contributed by atoms with E-state index in [9.17, 15) is 9.59 Å². The van der Waals surface area contributed by atoms with Gasteiger partial charge in [-0.1, -0.05) is 45.4 Å². The van der Waals surface area contributed by atoms with E-state index >= 15 is 0 Å². The molecule has 0 aliphatic carbocycles. The minimum atomic E-state index is -0.335. The number of rotatable bonds is 7. The zero-order chi connectivity index (χ0) is 23.4. The third-order valence-corrected chi connectivity index (χ3v) is 7.12. The van der Waals surface area contributed by atoms with E-state index in [1.165, 1.54) is 11.8 Å². The molecule has 2 aromatic carbocycles. The smallest absolute Gasteiger partial charge is 0.251 e. The van der Waals surface area contributed by atoms with Crippen molar-refractivity contribution in [3.8, 4) is 0 Å². The van der Waals surface area contributed by atoms with Crippen LogP contribution in [-0.4, -0.2) is 32.3 Å². The van der Waals surface area contributed by atoms with Crippen LogP contribution in [0.2, 0.25) is 0 Å². The second kappa shape index (κ2) is 10.3. The summed E-state index contributed by atoms with van der Waals surface area (Å²) in [5.41, 5.74) is 4.60. The van der Waals surface area contributed by atoms with Gasteiger partial charge in [0.1, 0.15) is 0 Å². The number of anilines is 1. The highest BCUT2D eigenvalue weighted by Gasteiger charge is 2.19. The first-order valence-electron chi connectivity index (χ1n) is 10.1. The summed E-state index contributed by atoms with van der Waals surface area (Å²) in [4.78, 5) is 24.9. The molecule has 9 heteroatoms. The molecule has 3 aromatic rings. The van der Waals surface area contributed by atoms with E-state index in [2.05, 4.69) is 36.8 Å². The maximum Gasteiger partial charge on any atom is 0.251 e. The predicted molar refractivity (Wildman–Crippen MR) is 131 cm³/mol. The Labute approximate surface area is 200 Å². The van der Waals surface area contributed by atoms with E-state index in [0.717, 1.165) is 26.9 Å². The van der Waals surface area contributed by atoms with Gasteiger partial charge in [0.15, 0.2) is 11.0 Å². The van der Waals surface area contributed by atoms with Crippen LogP contribution in [0.5, 0.6) is 0 Å². The average Bonchev–Trinajstić information content (AvgIpc) is 3.13. The van der Waals surface area contributed by atoms with Crippen molar-refractivity contribution in [2.24, 2.45) is 7.05 Å². The van der Waals surface area contributed by atoms with Crippen molar-refractivity contribution < 1.29 is 9.59 Å². The van der Waals surface area contributed by atoms with Crippen molar-refractivity contribution in [1.29, 1.82) is 0 Å². The van der Waals surface area contributed by atoms with Gasteiger partial charge in [0, 0.05) is 22.8 Å². The van der Waals surface area contributed by atoms with Gasteiger partial charge in [-0.3, -0.25) is 9.59 Å². The van der Waals surface area contributed by atoms with E-state index in [1.807, 2.05) is 59.0 Å². The second-order valence-corrected chi connectivity index (χ2v) is 9.44. The zero-order valence-corrected chi connectivity index (χ0v) is 21.1. The van der Waals surface area contributed by atoms with Crippen molar-refractivity contribution in [3.63, 3.8) is 0 Å². The Morgan fingerprint density at radius 3 is 2.44 bits per heavy atom. The van der Waals surface area contributed by atoms with E-state index in [1.54, 1.807) is 16.7 Å². The third kappa shape index (κ3) is 5.58. The first kappa shape index (κ1) is 24.0. The Hall–Kier alpha value is -2.65. The molecular weight excluding hydrogens is 490 g/mol. The molecule has 0 bridgehead atoms. The molecule has 0 saturated carbocycles. The van der Waals surface area contributed by atoms with Gasteiger partial charge in [-0.2, -0.15) is 0 Å². The topological polar surface area (TPSA) is 88.9 Å². The van der Waals surface area contributed by atoms with Crippen LogP contribution in [0.3, 0.4) is 0 Å². The Morgan fingerprint density at radius 1 is 1.06 bits per heavy atom. The zero-order valence-electron chi connectivity index (χ0n) is 18.7.